The van der Waals surface area contributed by atoms with Crippen LogP contribution in [0.25, 0.3) is 0 Å². The Kier molecular flexibility index (Phi) is 7.25. The van der Waals surface area contributed by atoms with Crippen LogP contribution in [0.15, 0.2) is 72.8 Å². The van der Waals surface area contributed by atoms with Gasteiger partial charge in [-0.15, -0.1) is 0 Å². The third-order valence-electron chi connectivity index (χ3n) is 5.71. The Morgan fingerprint density at radius 1 is 0.909 bits per heavy atom. The van der Waals surface area contributed by atoms with Crippen LogP contribution in [0.2, 0.25) is 0 Å². The summed E-state index contributed by atoms with van der Waals surface area (Å²) in [4.78, 5) is 27.0. The molecule has 0 radical (unpaired) electrons. The first kappa shape index (κ1) is 22.4. The van der Waals surface area contributed by atoms with E-state index in [1.807, 2.05) is 25.1 Å². The largest absolute Gasteiger partial charge is 0.493 e. The van der Waals surface area contributed by atoms with Crippen molar-refractivity contribution in [3.8, 4) is 5.75 Å². The van der Waals surface area contributed by atoms with E-state index in [2.05, 4.69) is 51.9 Å². The van der Waals surface area contributed by atoms with E-state index in [-0.39, 0.29) is 18.4 Å². The Morgan fingerprint density at radius 3 is 2.45 bits per heavy atom. The number of nitrogens with zero attached hydrogens (tertiary/aromatic N) is 1. The van der Waals surface area contributed by atoms with Gasteiger partial charge in [0.15, 0.2) is 0 Å². The molecule has 1 aliphatic heterocycles. The van der Waals surface area contributed by atoms with Gasteiger partial charge in [-0.2, -0.15) is 0 Å². The topological polar surface area (TPSA) is 70.7 Å². The summed E-state index contributed by atoms with van der Waals surface area (Å²) < 4.78 is 5.47. The van der Waals surface area contributed by atoms with Gasteiger partial charge in [0.05, 0.1) is 18.7 Å². The summed E-state index contributed by atoms with van der Waals surface area (Å²) in [6.07, 6.45) is 1.09. The molecule has 0 aliphatic carbocycles. The number of rotatable bonds is 9. The van der Waals surface area contributed by atoms with Gasteiger partial charge in [-0.05, 0) is 48.2 Å². The number of carbonyl (C=O) groups is 2. The standard InChI is InChI=1S/C27H29N3O3/c1-2-33-25-10-6-4-8-23(25)27(32)29-18-26(31)28-17-20-11-13-21(14-12-20)19-30-16-15-22-7-3-5-9-24(22)30/h3-14H,2,15-19H2,1H3,(H,28,31)(H,29,32). The van der Waals surface area contributed by atoms with Crippen LogP contribution in [0, 0.1) is 0 Å². The first-order valence-electron chi connectivity index (χ1n) is 11.3. The van der Waals surface area contributed by atoms with Gasteiger partial charge >= 0.3 is 0 Å². The Balaban J connectivity index is 1.23. The monoisotopic (exact) mass is 443 g/mol. The van der Waals surface area contributed by atoms with Crippen molar-refractivity contribution in [1.29, 1.82) is 0 Å². The van der Waals surface area contributed by atoms with Gasteiger partial charge < -0.3 is 20.3 Å². The number of benzene rings is 3. The van der Waals surface area contributed by atoms with Gasteiger partial charge in [0.2, 0.25) is 5.91 Å². The molecule has 33 heavy (non-hydrogen) atoms. The van der Waals surface area contributed by atoms with Gasteiger partial charge in [0, 0.05) is 25.3 Å². The number of fused-ring (bicyclic) bond motifs is 1. The zero-order valence-corrected chi connectivity index (χ0v) is 18.8. The van der Waals surface area contributed by atoms with Gasteiger partial charge in [-0.1, -0.05) is 54.6 Å². The molecule has 3 aromatic rings. The maximum absolute atomic E-state index is 12.4. The molecular formula is C27H29N3O3. The van der Waals surface area contributed by atoms with Crippen LogP contribution in [-0.4, -0.2) is 31.5 Å². The number of para-hydroxylation sites is 2. The minimum absolute atomic E-state index is 0.0915. The second kappa shape index (κ2) is 10.7. The minimum Gasteiger partial charge on any atom is -0.493 e. The lowest BCUT2D eigenvalue weighted by molar-refractivity contribution is -0.120. The average molecular weight is 444 g/mol. The fraction of sp³-hybridized carbons (Fsp3) is 0.259. The highest BCUT2D eigenvalue weighted by Gasteiger charge is 2.18. The molecule has 2 N–H and O–H groups in total. The van der Waals surface area contributed by atoms with Crippen molar-refractivity contribution in [1.82, 2.24) is 10.6 Å². The summed E-state index contributed by atoms with van der Waals surface area (Å²) in [6.45, 7) is 4.56. The fourth-order valence-corrected chi connectivity index (χ4v) is 4.01. The summed E-state index contributed by atoms with van der Waals surface area (Å²) in [7, 11) is 0. The van der Waals surface area contributed by atoms with Crippen molar-refractivity contribution >= 4 is 17.5 Å². The average Bonchev–Trinajstić information content (AvgIpc) is 3.25. The van der Waals surface area contributed by atoms with E-state index in [4.69, 9.17) is 4.74 Å². The van der Waals surface area contributed by atoms with E-state index < -0.39 is 0 Å². The maximum Gasteiger partial charge on any atom is 0.255 e. The summed E-state index contributed by atoms with van der Waals surface area (Å²) in [6, 6.07) is 23.8. The van der Waals surface area contributed by atoms with Crippen molar-refractivity contribution in [2.75, 3.05) is 24.6 Å². The number of anilines is 1. The molecule has 0 aromatic heterocycles. The number of nitrogens with one attached hydrogen (secondary N) is 2. The Hall–Kier alpha value is -3.80. The predicted molar refractivity (Wildman–Crippen MR) is 129 cm³/mol. The van der Waals surface area contributed by atoms with Crippen LogP contribution in [0.3, 0.4) is 0 Å². The molecule has 2 amide bonds. The fourth-order valence-electron chi connectivity index (χ4n) is 4.01. The van der Waals surface area contributed by atoms with Crippen LogP contribution in [0.1, 0.15) is 34.0 Å². The summed E-state index contributed by atoms with van der Waals surface area (Å²) in [5, 5.41) is 5.51. The van der Waals surface area contributed by atoms with Crippen LogP contribution >= 0.6 is 0 Å². The van der Waals surface area contributed by atoms with Crippen molar-refractivity contribution in [2.45, 2.75) is 26.4 Å². The maximum atomic E-state index is 12.4. The van der Waals surface area contributed by atoms with Crippen LogP contribution in [-0.2, 0) is 24.3 Å². The third-order valence-corrected chi connectivity index (χ3v) is 5.71. The van der Waals surface area contributed by atoms with E-state index in [1.54, 1.807) is 18.2 Å². The Labute approximate surface area is 194 Å². The molecule has 170 valence electrons. The third kappa shape index (κ3) is 5.71. The van der Waals surface area contributed by atoms with Crippen molar-refractivity contribution in [3.63, 3.8) is 0 Å². The molecule has 6 heteroatoms. The smallest absolute Gasteiger partial charge is 0.255 e. The van der Waals surface area contributed by atoms with Gasteiger partial charge in [0.25, 0.3) is 5.91 Å². The number of hydrogen-bond acceptors (Lipinski definition) is 4. The molecule has 0 spiro atoms. The summed E-state index contributed by atoms with van der Waals surface area (Å²) >= 11 is 0. The molecule has 0 bridgehead atoms. The minimum atomic E-state index is -0.331. The van der Waals surface area contributed by atoms with Gasteiger partial charge in [-0.25, -0.2) is 0 Å². The number of hydrogen-bond donors (Lipinski definition) is 2. The van der Waals surface area contributed by atoms with Gasteiger partial charge in [0.1, 0.15) is 5.75 Å². The van der Waals surface area contributed by atoms with Gasteiger partial charge in [-0.3, -0.25) is 9.59 Å². The Bertz CT molecular complexity index is 1110. The SMILES string of the molecule is CCOc1ccccc1C(=O)NCC(=O)NCc1ccc(CN2CCc3ccccc32)cc1. The molecule has 3 aromatic carbocycles. The number of ether oxygens (including phenoxy) is 1. The van der Waals surface area contributed by atoms with Crippen molar-refractivity contribution in [2.24, 2.45) is 0 Å². The zero-order chi connectivity index (χ0) is 23.0. The van der Waals surface area contributed by atoms with E-state index in [0.29, 0.717) is 24.5 Å². The van der Waals surface area contributed by atoms with E-state index in [0.717, 1.165) is 25.1 Å². The quantitative estimate of drug-likeness (QED) is 0.529. The molecule has 0 saturated carbocycles. The number of carbonyl (C=O) groups excluding carboxylic acids is 2. The van der Waals surface area contributed by atoms with Crippen LogP contribution < -0.4 is 20.3 Å². The molecule has 0 atom stereocenters. The predicted octanol–water partition coefficient (Wildman–Crippen LogP) is 3.69. The first-order chi connectivity index (χ1) is 16.1. The lowest BCUT2D eigenvalue weighted by atomic mass is 10.1. The second-order valence-corrected chi connectivity index (χ2v) is 8.01. The molecule has 0 fully saturated rings. The first-order valence-corrected chi connectivity index (χ1v) is 11.3. The summed E-state index contributed by atoms with van der Waals surface area (Å²) in [5.41, 5.74) is 5.40. The van der Waals surface area contributed by atoms with E-state index >= 15 is 0 Å². The lowest BCUT2D eigenvalue weighted by Crippen LogP contribution is -2.36. The van der Waals surface area contributed by atoms with Crippen LogP contribution in [0.4, 0.5) is 5.69 Å². The molecule has 0 saturated heterocycles. The molecule has 4 rings (SSSR count). The molecule has 1 heterocycles. The van der Waals surface area contributed by atoms with E-state index in [1.165, 1.54) is 16.8 Å². The van der Waals surface area contributed by atoms with Crippen LogP contribution in [0.5, 0.6) is 5.75 Å². The molecule has 1 aliphatic rings. The Morgan fingerprint density at radius 2 is 1.64 bits per heavy atom. The molecular weight excluding hydrogens is 414 g/mol. The lowest BCUT2D eigenvalue weighted by Gasteiger charge is -2.19. The van der Waals surface area contributed by atoms with Crippen molar-refractivity contribution in [3.05, 3.63) is 95.1 Å². The summed E-state index contributed by atoms with van der Waals surface area (Å²) in [5.74, 6) is -0.0625. The highest BCUT2D eigenvalue weighted by Crippen LogP contribution is 2.28. The highest BCUT2D eigenvalue weighted by atomic mass is 16.5. The second-order valence-electron chi connectivity index (χ2n) is 8.01. The normalized spacial score (nSPS) is 12.2. The molecule has 6 nitrogen and oxygen atoms in total. The van der Waals surface area contributed by atoms with Crippen molar-refractivity contribution < 1.29 is 14.3 Å². The zero-order valence-electron chi connectivity index (χ0n) is 18.8. The molecule has 0 unspecified atom stereocenters. The number of amides is 2. The highest BCUT2D eigenvalue weighted by molar-refractivity contribution is 5.98. The van der Waals surface area contributed by atoms with E-state index in [9.17, 15) is 9.59 Å².